The van der Waals surface area contributed by atoms with Crippen molar-refractivity contribution in [2.24, 2.45) is 17.1 Å². The van der Waals surface area contributed by atoms with Crippen molar-refractivity contribution in [1.29, 1.82) is 0 Å². The van der Waals surface area contributed by atoms with Crippen molar-refractivity contribution in [3.8, 4) is 0 Å². The van der Waals surface area contributed by atoms with Crippen LogP contribution in [-0.2, 0) is 4.74 Å². The third kappa shape index (κ3) is 1.49. The van der Waals surface area contributed by atoms with Crippen LogP contribution in [0.4, 0.5) is 0 Å². The molecule has 0 saturated heterocycles. The van der Waals surface area contributed by atoms with Gasteiger partial charge in [-0.15, -0.1) is 0 Å². The summed E-state index contributed by atoms with van der Waals surface area (Å²) in [6, 6.07) is 0. The fourth-order valence-corrected chi connectivity index (χ4v) is 3.07. The molecule has 1 spiro atoms. The number of nitrogens with two attached hydrogens (primary N) is 1. The van der Waals surface area contributed by atoms with Crippen LogP contribution in [0.2, 0.25) is 0 Å². The molecular weight excluding hydrogens is 174 g/mol. The average molecular weight is 197 g/mol. The van der Waals surface area contributed by atoms with Crippen LogP contribution in [-0.4, -0.2) is 18.2 Å². The van der Waals surface area contributed by atoms with Gasteiger partial charge in [0, 0.05) is 5.41 Å². The predicted octanol–water partition coefficient (Wildman–Crippen LogP) is 2.32. The van der Waals surface area contributed by atoms with Crippen LogP contribution in [0.15, 0.2) is 0 Å². The lowest BCUT2D eigenvalue weighted by Gasteiger charge is -2.62. The van der Waals surface area contributed by atoms with Gasteiger partial charge in [-0.3, -0.25) is 0 Å². The van der Waals surface area contributed by atoms with E-state index in [0.717, 1.165) is 12.5 Å². The molecule has 0 heterocycles. The van der Waals surface area contributed by atoms with Gasteiger partial charge in [0.15, 0.2) is 0 Å². The highest BCUT2D eigenvalue weighted by Gasteiger charge is 2.58. The molecule has 0 aromatic heterocycles. The van der Waals surface area contributed by atoms with E-state index in [-0.39, 0.29) is 5.60 Å². The van der Waals surface area contributed by atoms with E-state index < -0.39 is 0 Å². The van der Waals surface area contributed by atoms with Gasteiger partial charge in [0.25, 0.3) is 0 Å². The van der Waals surface area contributed by atoms with E-state index in [1.807, 2.05) is 0 Å². The molecule has 0 aromatic carbocycles. The van der Waals surface area contributed by atoms with Gasteiger partial charge in [-0.2, -0.15) is 0 Å². The van der Waals surface area contributed by atoms with Gasteiger partial charge < -0.3 is 10.5 Å². The second kappa shape index (κ2) is 3.21. The highest BCUT2D eigenvalue weighted by atomic mass is 16.5. The number of hydrogen-bond acceptors (Lipinski definition) is 2. The summed E-state index contributed by atoms with van der Waals surface area (Å²) in [5, 5.41) is 0. The van der Waals surface area contributed by atoms with Crippen molar-refractivity contribution in [1.82, 2.24) is 0 Å². The summed E-state index contributed by atoms with van der Waals surface area (Å²) in [7, 11) is 0. The third-order valence-corrected chi connectivity index (χ3v) is 4.02. The van der Waals surface area contributed by atoms with Gasteiger partial charge in [0.2, 0.25) is 0 Å². The first-order chi connectivity index (χ1) is 6.48. The second-order valence-corrected chi connectivity index (χ2v) is 5.97. The summed E-state index contributed by atoms with van der Waals surface area (Å²) in [6.07, 6.45) is 5.74. The smallest absolute Gasteiger partial charge is 0.0644 e. The minimum absolute atomic E-state index is 0.00677. The number of rotatable bonds is 2. The summed E-state index contributed by atoms with van der Waals surface area (Å²) in [4.78, 5) is 0. The Morgan fingerprint density at radius 2 is 2.00 bits per heavy atom. The minimum atomic E-state index is 0.00677. The molecule has 0 amide bonds. The molecule has 82 valence electrons. The molecule has 2 heteroatoms. The van der Waals surface area contributed by atoms with Gasteiger partial charge in [0.1, 0.15) is 0 Å². The van der Waals surface area contributed by atoms with Crippen molar-refractivity contribution in [2.75, 3.05) is 6.54 Å². The molecule has 2 aliphatic rings. The van der Waals surface area contributed by atoms with Crippen molar-refractivity contribution >= 4 is 0 Å². The maximum absolute atomic E-state index is 6.11. The lowest BCUT2D eigenvalue weighted by atomic mass is 9.48. The molecular formula is C12H23NO. The molecule has 2 fully saturated rings. The van der Waals surface area contributed by atoms with Crippen LogP contribution in [0.5, 0.6) is 0 Å². The molecule has 0 aliphatic heterocycles. The highest BCUT2D eigenvalue weighted by Crippen LogP contribution is 2.61. The molecule has 0 aromatic rings. The average Bonchev–Trinajstić information content (AvgIpc) is 1.91. The van der Waals surface area contributed by atoms with E-state index in [2.05, 4.69) is 20.8 Å². The van der Waals surface area contributed by atoms with Crippen molar-refractivity contribution in [3.63, 3.8) is 0 Å². The summed E-state index contributed by atoms with van der Waals surface area (Å²) in [5.74, 6) is 0.739. The van der Waals surface area contributed by atoms with Crippen molar-refractivity contribution in [3.05, 3.63) is 0 Å². The molecule has 0 unspecified atom stereocenters. The normalized spacial score (nSPS) is 35.1. The molecule has 2 saturated carbocycles. The van der Waals surface area contributed by atoms with Gasteiger partial charge >= 0.3 is 0 Å². The summed E-state index contributed by atoms with van der Waals surface area (Å²) < 4.78 is 6.11. The monoisotopic (exact) mass is 197 g/mol. The molecule has 0 bridgehead atoms. The molecule has 14 heavy (non-hydrogen) atoms. The Kier molecular flexibility index (Phi) is 2.39. The SMILES string of the molecule is CC(C)(C)O[C@@H]1C[C@H](CN)C12CCC2. The topological polar surface area (TPSA) is 35.2 Å². The molecule has 2 nitrogen and oxygen atoms in total. The van der Waals surface area contributed by atoms with Gasteiger partial charge in [-0.05, 0) is 52.5 Å². The molecule has 2 aliphatic carbocycles. The maximum Gasteiger partial charge on any atom is 0.0644 e. The minimum Gasteiger partial charge on any atom is -0.372 e. The first kappa shape index (κ1) is 10.4. The van der Waals surface area contributed by atoms with Crippen LogP contribution in [0.3, 0.4) is 0 Å². The number of hydrogen-bond donors (Lipinski definition) is 1. The first-order valence-corrected chi connectivity index (χ1v) is 5.86. The third-order valence-electron chi connectivity index (χ3n) is 4.02. The lowest BCUT2D eigenvalue weighted by Crippen LogP contribution is -2.61. The van der Waals surface area contributed by atoms with E-state index in [0.29, 0.717) is 11.5 Å². The zero-order valence-electron chi connectivity index (χ0n) is 9.68. The quantitative estimate of drug-likeness (QED) is 0.737. The predicted molar refractivity (Wildman–Crippen MR) is 58.1 cm³/mol. The van der Waals surface area contributed by atoms with Crippen molar-refractivity contribution < 1.29 is 4.74 Å². The van der Waals surface area contributed by atoms with Crippen LogP contribution < -0.4 is 5.73 Å². The molecule has 2 N–H and O–H groups in total. The Morgan fingerprint density at radius 1 is 1.36 bits per heavy atom. The Labute approximate surface area is 87.2 Å². The fraction of sp³-hybridized carbons (Fsp3) is 1.00. The highest BCUT2D eigenvalue weighted by molar-refractivity contribution is 5.08. The summed E-state index contributed by atoms with van der Waals surface area (Å²) in [5.41, 5.74) is 6.28. The fourth-order valence-electron chi connectivity index (χ4n) is 3.07. The Balaban J connectivity index is 1.96. The van der Waals surface area contributed by atoms with E-state index in [1.165, 1.54) is 25.7 Å². The molecule has 2 atom stereocenters. The lowest BCUT2D eigenvalue weighted by molar-refractivity contribution is -0.229. The van der Waals surface area contributed by atoms with E-state index in [4.69, 9.17) is 10.5 Å². The van der Waals surface area contributed by atoms with E-state index in [1.54, 1.807) is 0 Å². The van der Waals surface area contributed by atoms with Crippen molar-refractivity contribution in [2.45, 2.75) is 58.2 Å². The van der Waals surface area contributed by atoms with Gasteiger partial charge in [-0.25, -0.2) is 0 Å². The van der Waals surface area contributed by atoms with Gasteiger partial charge in [0.05, 0.1) is 11.7 Å². The molecule has 2 rings (SSSR count). The zero-order valence-corrected chi connectivity index (χ0v) is 9.68. The second-order valence-electron chi connectivity index (χ2n) is 5.97. The van der Waals surface area contributed by atoms with Crippen LogP contribution >= 0.6 is 0 Å². The maximum atomic E-state index is 6.11. The zero-order chi connectivity index (χ0) is 10.4. The Hall–Kier alpha value is -0.0800. The standard InChI is InChI=1S/C12H23NO/c1-11(2,3)14-10-7-9(8-13)12(10)5-4-6-12/h9-10H,4-8,13H2,1-3H3/t9-,10-/m1/s1. The summed E-state index contributed by atoms with van der Waals surface area (Å²) >= 11 is 0. The Morgan fingerprint density at radius 3 is 2.36 bits per heavy atom. The summed E-state index contributed by atoms with van der Waals surface area (Å²) in [6.45, 7) is 7.30. The first-order valence-electron chi connectivity index (χ1n) is 5.86. The van der Waals surface area contributed by atoms with Crippen LogP contribution in [0, 0.1) is 11.3 Å². The Bertz CT molecular complexity index is 215. The van der Waals surface area contributed by atoms with Crippen LogP contribution in [0.25, 0.3) is 0 Å². The van der Waals surface area contributed by atoms with Crippen LogP contribution in [0.1, 0.15) is 46.5 Å². The van der Waals surface area contributed by atoms with E-state index >= 15 is 0 Å². The largest absolute Gasteiger partial charge is 0.372 e. The number of ether oxygens (including phenoxy) is 1. The van der Waals surface area contributed by atoms with E-state index in [9.17, 15) is 0 Å². The van der Waals surface area contributed by atoms with Gasteiger partial charge in [-0.1, -0.05) is 6.42 Å². The molecule has 0 radical (unpaired) electrons.